The van der Waals surface area contributed by atoms with Gasteiger partial charge >= 0.3 is 0 Å². The summed E-state index contributed by atoms with van der Waals surface area (Å²) in [5.41, 5.74) is 0.560. The summed E-state index contributed by atoms with van der Waals surface area (Å²) in [6.45, 7) is 1.87. The van der Waals surface area contributed by atoms with Crippen LogP contribution >= 0.6 is 11.6 Å². The number of ether oxygens (including phenoxy) is 1. The minimum atomic E-state index is -0.354. The number of benzene rings is 1. The Labute approximate surface area is 190 Å². The number of pyridine rings is 1. The van der Waals surface area contributed by atoms with E-state index in [4.69, 9.17) is 16.3 Å². The topological polar surface area (TPSA) is 111 Å². The van der Waals surface area contributed by atoms with Crippen molar-refractivity contribution in [2.45, 2.75) is 32.2 Å². The highest BCUT2D eigenvalue weighted by Gasteiger charge is 2.31. The van der Waals surface area contributed by atoms with Crippen LogP contribution in [0.25, 0.3) is 5.69 Å². The maximum absolute atomic E-state index is 13.2. The van der Waals surface area contributed by atoms with Crippen molar-refractivity contribution < 1.29 is 14.3 Å². The summed E-state index contributed by atoms with van der Waals surface area (Å²) >= 11 is 5.92. The molecule has 3 aromatic rings. The van der Waals surface area contributed by atoms with Crippen LogP contribution in [0.15, 0.2) is 48.8 Å². The predicted octanol–water partition coefficient (Wildman–Crippen LogP) is 3.25. The molecule has 1 aliphatic rings. The molecule has 1 aromatic carbocycles. The van der Waals surface area contributed by atoms with Gasteiger partial charge in [0.2, 0.25) is 5.91 Å². The van der Waals surface area contributed by atoms with Crippen LogP contribution < -0.4 is 15.4 Å². The van der Waals surface area contributed by atoms with Gasteiger partial charge < -0.3 is 15.4 Å². The zero-order valence-corrected chi connectivity index (χ0v) is 18.2. The van der Waals surface area contributed by atoms with Gasteiger partial charge in [-0.1, -0.05) is 18.0 Å². The number of halogens is 1. The van der Waals surface area contributed by atoms with E-state index >= 15 is 0 Å². The van der Waals surface area contributed by atoms with Gasteiger partial charge in [-0.25, -0.2) is 4.98 Å². The molecule has 166 valence electrons. The Morgan fingerprint density at radius 2 is 1.88 bits per heavy atom. The number of carbonyl (C=O) groups excluding carboxylic acids is 2. The zero-order chi connectivity index (χ0) is 22.5. The van der Waals surface area contributed by atoms with Gasteiger partial charge in [-0.05, 0) is 49.2 Å². The molecule has 0 aliphatic heterocycles. The van der Waals surface area contributed by atoms with Crippen LogP contribution in [0.2, 0.25) is 5.02 Å². The third-order valence-electron chi connectivity index (χ3n) is 5.28. The summed E-state index contributed by atoms with van der Waals surface area (Å²) in [5.74, 6) is 0.562. The lowest BCUT2D eigenvalue weighted by Gasteiger charge is -2.22. The predicted molar refractivity (Wildman–Crippen MR) is 119 cm³/mol. The van der Waals surface area contributed by atoms with Crippen molar-refractivity contribution >= 4 is 29.2 Å². The van der Waals surface area contributed by atoms with Gasteiger partial charge in [0, 0.05) is 23.9 Å². The summed E-state index contributed by atoms with van der Waals surface area (Å²) in [7, 11) is 0. The molecule has 0 spiro atoms. The average molecular weight is 455 g/mol. The van der Waals surface area contributed by atoms with Crippen LogP contribution in [0.4, 0.5) is 5.82 Å². The van der Waals surface area contributed by atoms with Crippen molar-refractivity contribution in [3.05, 3.63) is 59.5 Å². The number of hydrogen-bond acceptors (Lipinski definition) is 6. The molecule has 2 amide bonds. The molecule has 32 heavy (non-hydrogen) atoms. The van der Waals surface area contributed by atoms with Crippen molar-refractivity contribution in [2.24, 2.45) is 5.92 Å². The molecule has 1 aliphatic carbocycles. The molecular formula is C22H23ClN6O3. The number of nitrogens with one attached hydrogen (secondary N) is 2. The monoisotopic (exact) mass is 454 g/mol. The first-order valence-electron chi connectivity index (χ1n) is 10.3. The molecule has 1 fully saturated rings. The van der Waals surface area contributed by atoms with Gasteiger partial charge in [-0.2, -0.15) is 10.2 Å². The number of anilines is 1. The molecule has 2 N–H and O–H groups in total. The molecular weight excluding hydrogens is 432 g/mol. The molecule has 4 rings (SSSR count). The quantitative estimate of drug-likeness (QED) is 0.567. The van der Waals surface area contributed by atoms with Gasteiger partial charge in [0.05, 0.1) is 19.0 Å². The molecule has 0 saturated heterocycles. The first-order valence-corrected chi connectivity index (χ1v) is 10.7. The van der Waals surface area contributed by atoms with E-state index in [1.165, 1.54) is 24.1 Å². The molecule has 0 bridgehead atoms. The van der Waals surface area contributed by atoms with Gasteiger partial charge in [0.15, 0.2) is 5.69 Å². The molecule has 2 atom stereocenters. The van der Waals surface area contributed by atoms with Crippen molar-refractivity contribution in [2.75, 3.05) is 11.9 Å². The lowest BCUT2D eigenvalue weighted by atomic mass is 10.0. The molecule has 2 heterocycles. The number of nitrogens with zero attached hydrogens (tertiary/aromatic N) is 4. The second-order valence-electron chi connectivity index (χ2n) is 7.60. The van der Waals surface area contributed by atoms with Crippen molar-refractivity contribution in [3.8, 4) is 11.4 Å². The van der Waals surface area contributed by atoms with E-state index in [1.807, 2.05) is 12.1 Å². The van der Waals surface area contributed by atoms with Gasteiger partial charge in [0.25, 0.3) is 5.91 Å². The van der Waals surface area contributed by atoms with Gasteiger partial charge in [-0.3, -0.25) is 9.59 Å². The lowest BCUT2D eigenvalue weighted by molar-refractivity contribution is -0.114. The SMILES string of the molecule is CC(=O)Nc1ccc(-n2nccn2)c(C(=O)N[C@H]2CCC[C@@H]2COc2ccc(Cl)cc2)n1. The van der Waals surface area contributed by atoms with E-state index in [1.54, 1.807) is 24.3 Å². The molecule has 0 unspecified atom stereocenters. The number of aromatic nitrogens is 4. The average Bonchev–Trinajstić information content (AvgIpc) is 3.45. The van der Waals surface area contributed by atoms with E-state index in [-0.39, 0.29) is 35.3 Å². The van der Waals surface area contributed by atoms with Crippen LogP contribution in [0, 0.1) is 5.92 Å². The maximum atomic E-state index is 13.2. The fourth-order valence-corrected chi connectivity index (χ4v) is 3.89. The smallest absolute Gasteiger partial charge is 0.272 e. The van der Waals surface area contributed by atoms with Crippen molar-refractivity contribution in [3.63, 3.8) is 0 Å². The normalized spacial score (nSPS) is 17.7. The highest BCUT2D eigenvalue weighted by molar-refractivity contribution is 6.30. The van der Waals surface area contributed by atoms with E-state index in [0.717, 1.165) is 25.0 Å². The Kier molecular flexibility index (Phi) is 6.65. The summed E-state index contributed by atoms with van der Waals surface area (Å²) < 4.78 is 5.91. The number of amides is 2. The van der Waals surface area contributed by atoms with E-state index in [2.05, 4.69) is 25.8 Å². The van der Waals surface area contributed by atoms with Gasteiger partial charge in [0.1, 0.15) is 17.3 Å². The molecule has 2 aromatic heterocycles. The van der Waals surface area contributed by atoms with Gasteiger partial charge in [-0.15, -0.1) is 4.80 Å². The van der Waals surface area contributed by atoms with E-state index in [9.17, 15) is 9.59 Å². The van der Waals surface area contributed by atoms with E-state index in [0.29, 0.717) is 17.3 Å². The highest BCUT2D eigenvalue weighted by atomic mass is 35.5. The summed E-state index contributed by atoms with van der Waals surface area (Å²) in [4.78, 5) is 30.3. The fraction of sp³-hybridized carbons (Fsp3) is 0.318. The number of rotatable bonds is 7. The van der Waals surface area contributed by atoms with E-state index < -0.39 is 0 Å². The van der Waals surface area contributed by atoms with Crippen LogP contribution in [-0.2, 0) is 4.79 Å². The highest BCUT2D eigenvalue weighted by Crippen LogP contribution is 2.28. The minimum absolute atomic E-state index is 0.0561. The van der Waals surface area contributed by atoms with Crippen LogP contribution in [0.5, 0.6) is 5.75 Å². The third kappa shape index (κ3) is 5.23. The Bertz CT molecular complexity index is 1090. The second-order valence-corrected chi connectivity index (χ2v) is 8.04. The molecule has 0 radical (unpaired) electrons. The first kappa shape index (κ1) is 21.8. The van der Waals surface area contributed by atoms with Crippen LogP contribution in [-0.4, -0.2) is 44.4 Å². The maximum Gasteiger partial charge on any atom is 0.272 e. The summed E-state index contributed by atoms with van der Waals surface area (Å²) in [5, 5.41) is 14.6. The summed E-state index contributed by atoms with van der Waals surface area (Å²) in [6.07, 6.45) is 5.83. The Balaban J connectivity index is 1.49. The first-order chi connectivity index (χ1) is 15.5. The van der Waals surface area contributed by atoms with Crippen molar-refractivity contribution in [1.82, 2.24) is 25.3 Å². The molecule has 1 saturated carbocycles. The lowest BCUT2D eigenvalue weighted by Crippen LogP contribution is -2.40. The van der Waals surface area contributed by atoms with Crippen LogP contribution in [0.3, 0.4) is 0 Å². The third-order valence-corrected chi connectivity index (χ3v) is 5.53. The molecule has 9 nitrogen and oxygen atoms in total. The Morgan fingerprint density at radius 1 is 1.12 bits per heavy atom. The Hall–Kier alpha value is -3.46. The standard InChI is InChI=1S/C22H23ClN6O3/c1-14(30)26-20-10-9-19(29-24-11-12-25-29)21(28-20)22(31)27-18-4-2-3-15(18)13-32-17-7-5-16(23)6-8-17/h5-12,15,18H,2-4,13H2,1H3,(H,27,31)(H,26,28,30)/t15-,18+/m1/s1. The Morgan fingerprint density at radius 3 is 2.59 bits per heavy atom. The second kappa shape index (κ2) is 9.78. The largest absolute Gasteiger partial charge is 0.493 e. The minimum Gasteiger partial charge on any atom is -0.493 e. The zero-order valence-electron chi connectivity index (χ0n) is 17.5. The fourth-order valence-electron chi connectivity index (χ4n) is 3.77. The van der Waals surface area contributed by atoms with Crippen LogP contribution in [0.1, 0.15) is 36.7 Å². The number of carbonyl (C=O) groups is 2. The molecule has 10 heteroatoms. The summed E-state index contributed by atoms with van der Waals surface area (Å²) in [6, 6.07) is 10.4. The number of hydrogen-bond donors (Lipinski definition) is 2. The van der Waals surface area contributed by atoms with Crippen molar-refractivity contribution in [1.29, 1.82) is 0 Å².